The van der Waals surface area contributed by atoms with Crippen LogP contribution in [0, 0.1) is 0 Å². The fourth-order valence-corrected chi connectivity index (χ4v) is 2.71. The molecule has 2 N–H and O–H groups in total. The van der Waals surface area contributed by atoms with E-state index in [1.165, 1.54) is 0 Å². The van der Waals surface area contributed by atoms with Gasteiger partial charge in [0.05, 0.1) is 6.10 Å². The lowest BCUT2D eigenvalue weighted by Crippen LogP contribution is -2.67. The van der Waals surface area contributed by atoms with Crippen LogP contribution < -0.4 is 5.32 Å². The fourth-order valence-electron chi connectivity index (χ4n) is 2.71. The van der Waals surface area contributed by atoms with Gasteiger partial charge in [-0.2, -0.15) is 0 Å². The third-order valence-corrected chi connectivity index (χ3v) is 3.65. The molecular formula is C11H20N2O3. The molecule has 2 rings (SSSR count). The third-order valence-electron chi connectivity index (χ3n) is 3.65. The number of hydrogen-bond donors (Lipinski definition) is 2. The minimum absolute atomic E-state index is 0.135. The Bertz CT molecular complexity index is 258. The molecule has 0 unspecified atom stereocenters. The van der Waals surface area contributed by atoms with Crippen molar-refractivity contribution in [3.05, 3.63) is 0 Å². The molecule has 1 aliphatic carbocycles. The van der Waals surface area contributed by atoms with Gasteiger partial charge in [0.15, 0.2) is 0 Å². The van der Waals surface area contributed by atoms with Crippen molar-refractivity contribution in [2.24, 2.45) is 0 Å². The van der Waals surface area contributed by atoms with Gasteiger partial charge in [-0.3, -0.25) is 9.69 Å². The molecule has 0 radical (unpaired) electrons. The van der Waals surface area contributed by atoms with Gasteiger partial charge in [-0.1, -0.05) is 0 Å². The lowest BCUT2D eigenvalue weighted by Gasteiger charge is -2.51. The van der Waals surface area contributed by atoms with Gasteiger partial charge in [-0.05, 0) is 6.92 Å². The fraction of sp³-hybridized carbons (Fsp3) is 0.909. The van der Waals surface area contributed by atoms with Crippen LogP contribution in [0.25, 0.3) is 0 Å². The molecule has 5 heteroatoms. The monoisotopic (exact) mass is 228 g/mol. The van der Waals surface area contributed by atoms with Gasteiger partial charge >= 0.3 is 5.97 Å². The SMILES string of the molecule is CCOC1CC(C(=O)O)(N2CCNCC2)C1. The molecule has 0 bridgehead atoms. The van der Waals surface area contributed by atoms with Crippen molar-refractivity contribution in [3.8, 4) is 0 Å². The Morgan fingerprint density at radius 3 is 2.62 bits per heavy atom. The molecule has 0 aromatic rings. The molecule has 0 atom stereocenters. The van der Waals surface area contributed by atoms with E-state index in [0.717, 1.165) is 26.2 Å². The number of rotatable bonds is 4. The van der Waals surface area contributed by atoms with E-state index in [1.807, 2.05) is 6.92 Å². The number of nitrogens with one attached hydrogen (secondary N) is 1. The van der Waals surface area contributed by atoms with Crippen LogP contribution in [0.3, 0.4) is 0 Å². The molecule has 2 aliphatic rings. The van der Waals surface area contributed by atoms with Crippen LogP contribution >= 0.6 is 0 Å². The molecule has 16 heavy (non-hydrogen) atoms. The lowest BCUT2D eigenvalue weighted by atomic mass is 9.72. The van der Waals surface area contributed by atoms with Crippen molar-refractivity contribution in [1.29, 1.82) is 0 Å². The normalized spacial score (nSPS) is 35.7. The topological polar surface area (TPSA) is 61.8 Å². The van der Waals surface area contributed by atoms with E-state index in [0.29, 0.717) is 19.4 Å². The Hall–Kier alpha value is -0.650. The second-order valence-electron chi connectivity index (χ2n) is 4.56. The highest BCUT2D eigenvalue weighted by atomic mass is 16.5. The van der Waals surface area contributed by atoms with Gasteiger partial charge in [-0.15, -0.1) is 0 Å². The summed E-state index contributed by atoms with van der Waals surface area (Å²) in [6.45, 7) is 6.03. The van der Waals surface area contributed by atoms with E-state index in [-0.39, 0.29) is 6.10 Å². The van der Waals surface area contributed by atoms with Crippen molar-refractivity contribution < 1.29 is 14.6 Å². The predicted octanol–water partition coefficient (Wildman–Crippen LogP) is -0.0861. The van der Waals surface area contributed by atoms with Crippen LogP contribution in [0.15, 0.2) is 0 Å². The van der Waals surface area contributed by atoms with Gasteiger partial charge in [0.25, 0.3) is 0 Å². The minimum atomic E-state index is -0.689. The van der Waals surface area contributed by atoms with Crippen molar-refractivity contribution in [2.45, 2.75) is 31.4 Å². The lowest BCUT2D eigenvalue weighted by molar-refractivity contribution is -0.173. The number of ether oxygens (including phenoxy) is 1. The first-order valence-electron chi connectivity index (χ1n) is 6.00. The van der Waals surface area contributed by atoms with Crippen molar-refractivity contribution in [2.75, 3.05) is 32.8 Å². The minimum Gasteiger partial charge on any atom is -0.480 e. The summed E-state index contributed by atoms with van der Waals surface area (Å²) in [6, 6.07) is 0. The van der Waals surface area contributed by atoms with Crippen LogP contribution in [0.2, 0.25) is 0 Å². The first-order chi connectivity index (χ1) is 7.69. The van der Waals surface area contributed by atoms with Crippen molar-refractivity contribution in [1.82, 2.24) is 10.2 Å². The number of carboxylic acids is 1. The van der Waals surface area contributed by atoms with Crippen LogP contribution in [0.5, 0.6) is 0 Å². The quantitative estimate of drug-likeness (QED) is 0.704. The maximum absolute atomic E-state index is 11.4. The summed E-state index contributed by atoms with van der Waals surface area (Å²) in [5, 5.41) is 12.6. The summed E-state index contributed by atoms with van der Waals surface area (Å²) in [4.78, 5) is 13.5. The largest absolute Gasteiger partial charge is 0.480 e. The molecule has 0 aromatic carbocycles. The number of carboxylic acid groups (broad SMARTS) is 1. The Labute approximate surface area is 95.8 Å². The van der Waals surface area contributed by atoms with Gasteiger partial charge in [0.2, 0.25) is 0 Å². The summed E-state index contributed by atoms with van der Waals surface area (Å²) in [5.41, 5.74) is -0.651. The molecule has 1 aliphatic heterocycles. The summed E-state index contributed by atoms with van der Waals surface area (Å²) in [7, 11) is 0. The van der Waals surface area contributed by atoms with Gasteiger partial charge < -0.3 is 15.2 Å². The molecule has 5 nitrogen and oxygen atoms in total. The van der Waals surface area contributed by atoms with Crippen LogP contribution in [-0.4, -0.2) is 60.4 Å². The zero-order chi connectivity index (χ0) is 11.6. The van der Waals surface area contributed by atoms with Gasteiger partial charge in [0, 0.05) is 45.6 Å². The summed E-state index contributed by atoms with van der Waals surface area (Å²) in [5.74, 6) is -0.689. The van der Waals surface area contributed by atoms with Crippen molar-refractivity contribution in [3.63, 3.8) is 0 Å². The molecule has 0 amide bonds. The van der Waals surface area contributed by atoms with E-state index in [4.69, 9.17) is 4.74 Å². The summed E-state index contributed by atoms with van der Waals surface area (Å²) in [6.07, 6.45) is 1.41. The van der Waals surface area contributed by atoms with Crippen LogP contribution in [0.4, 0.5) is 0 Å². The number of nitrogens with zero attached hydrogens (tertiary/aromatic N) is 1. The molecule has 0 aromatic heterocycles. The Morgan fingerprint density at radius 1 is 1.50 bits per heavy atom. The average molecular weight is 228 g/mol. The molecule has 92 valence electrons. The van der Waals surface area contributed by atoms with E-state index >= 15 is 0 Å². The number of hydrogen-bond acceptors (Lipinski definition) is 4. The standard InChI is InChI=1S/C11H20N2O3/c1-2-16-9-7-11(8-9,10(14)15)13-5-3-12-4-6-13/h9,12H,2-8H2,1H3,(H,14,15). The third kappa shape index (κ3) is 1.95. The van der Waals surface area contributed by atoms with E-state index in [1.54, 1.807) is 0 Å². The summed E-state index contributed by atoms with van der Waals surface area (Å²) >= 11 is 0. The molecule has 1 saturated heterocycles. The predicted molar refractivity (Wildman–Crippen MR) is 59.5 cm³/mol. The van der Waals surface area contributed by atoms with Crippen LogP contribution in [-0.2, 0) is 9.53 Å². The zero-order valence-electron chi connectivity index (χ0n) is 9.74. The zero-order valence-corrected chi connectivity index (χ0v) is 9.74. The maximum Gasteiger partial charge on any atom is 0.324 e. The second-order valence-corrected chi connectivity index (χ2v) is 4.56. The van der Waals surface area contributed by atoms with E-state index in [2.05, 4.69) is 10.2 Å². The van der Waals surface area contributed by atoms with Crippen LogP contribution in [0.1, 0.15) is 19.8 Å². The molecule has 2 fully saturated rings. The number of aliphatic carboxylic acids is 1. The van der Waals surface area contributed by atoms with Crippen molar-refractivity contribution >= 4 is 5.97 Å². The molecule has 1 saturated carbocycles. The Kier molecular flexibility index (Phi) is 3.47. The van der Waals surface area contributed by atoms with E-state index < -0.39 is 11.5 Å². The second kappa shape index (κ2) is 4.69. The Morgan fingerprint density at radius 2 is 2.12 bits per heavy atom. The number of piperazine rings is 1. The highest BCUT2D eigenvalue weighted by molar-refractivity contribution is 5.80. The summed E-state index contributed by atoms with van der Waals surface area (Å²) < 4.78 is 5.47. The smallest absolute Gasteiger partial charge is 0.324 e. The highest BCUT2D eigenvalue weighted by Crippen LogP contribution is 2.40. The average Bonchev–Trinajstić information content (AvgIpc) is 2.23. The molecule has 1 heterocycles. The van der Waals surface area contributed by atoms with Gasteiger partial charge in [-0.25, -0.2) is 0 Å². The molecular weight excluding hydrogens is 208 g/mol. The highest BCUT2D eigenvalue weighted by Gasteiger charge is 2.55. The first kappa shape index (κ1) is 11.8. The number of carbonyl (C=O) groups is 1. The first-order valence-corrected chi connectivity index (χ1v) is 6.00. The van der Waals surface area contributed by atoms with E-state index in [9.17, 15) is 9.90 Å². The van der Waals surface area contributed by atoms with Gasteiger partial charge in [0.1, 0.15) is 5.54 Å². The molecule has 0 spiro atoms. The maximum atomic E-state index is 11.4. The Balaban J connectivity index is 1.98.